The summed E-state index contributed by atoms with van der Waals surface area (Å²) in [4.78, 5) is 27.1. The van der Waals surface area contributed by atoms with Gasteiger partial charge in [-0.05, 0) is 26.0 Å². The molecule has 24 heavy (non-hydrogen) atoms. The normalized spacial score (nSPS) is 17.7. The Balaban J connectivity index is 0.000000254. The maximum absolute atomic E-state index is 13.1. The highest BCUT2D eigenvalue weighted by Crippen LogP contribution is 2.22. The lowest BCUT2D eigenvalue weighted by Crippen LogP contribution is -2.56. The molecule has 1 unspecified atom stereocenters. The number of carbonyl (C=O) groups is 2. The number of primary amides is 1. The van der Waals surface area contributed by atoms with Crippen LogP contribution < -0.4 is 11.1 Å². The molecule has 1 aliphatic heterocycles. The second-order valence-electron chi connectivity index (χ2n) is 5.66. The highest BCUT2D eigenvalue weighted by atomic mass is 19.3. The quantitative estimate of drug-likeness (QED) is 0.868. The first-order valence-corrected chi connectivity index (χ1v) is 7.81. The smallest absolute Gasteiger partial charge is 0.324 e. The summed E-state index contributed by atoms with van der Waals surface area (Å²) in [6.45, 7) is 6.50. The van der Waals surface area contributed by atoms with Gasteiger partial charge in [0.05, 0.1) is 5.56 Å². The van der Waals surface area contributed by atoms with Gasteiger partial charge in [0, 0.05) is 44.0 Å². The number of hydrogen-bond acceptors (Lipinski definition) is 4. The first-order valence-electron chi connectivity index (χ1n) is 7.81. The van der Waals surface area contributed by atoms with E-state index in [-0.39, 0.29) is 6.04 Å². The lowest BCUT2D eigenvalue weighted by molar-refractivity contribution is -0.160. The van der Waals surface area contributed by atoms with Crippen LogP contribution in [0.4, 0.5) is 8.78 Å². The maximum atomic E-state index is 13.1. The number of aryl methyl sites for hydroxylation is 1. The fraction of sp³-hybridized carbons (Fsp3) is 0.562. The molecule has 1 aromatic heterocycles. The number of rotatable bonds is 3. The summed E-state index contributed by atoms with van der Waals surface area (Å²) in [5.74, 6) is -4.67. The van der Waals surface area contributed by atoms with Crippen molar-refractivity contribution in [2.75, 3.05) is 19.6 Å². The van der Waals surface area contributed by atoms with Gasteiger partial charge in [0.25, 0.3) is 5.91 Å². The van der Waals surface area contributed by atoms with Crippen molar-refractivity contribution in [2.45, 2.75) is 39.2 Å². The van der Waals surface area contributed by atoms with Gasteiger partial charge in [0.15, 0.2) is 0 Å². The molecule has 0 aliphatic carbocycles. The van der Waals surface area contributed by atoms with E-state index in [4.69, 9.17) is 5.73 Å². The van der Waals surface area contributed by atoms with Crippen LogP contribution in [0.15, 0.2) is 18.3 Å². The molecule has 1 atom stereocenters. The highest BCUT2D eigenvalue weighted by Gasteiger charge is 2.41. The van der Waals surface area contributed by atoms with Crippen LogP contribution in [0.25, 0.3) is 0 Å². The molecule has 1 aliphatic rings. The van der Waals surface area contributed by atoms with E-state index in [0.717, 1.165) is 5.69 Å². The van der Waals surface area contributed by atoms with E-state index in [9.17, 15) is 18.4 Å². The monoisotopic (exact) mass is 342 g/mol. The van der Waals surface area contributed by atoms with Crippen LogP contribution in [0.5, 0.6) is 0 Å². The summed E-state index contributed by atoms with van der Waals surface area (Å²) < 4.78 is 26.2. The zero-order valence-electron chi connectivity index (χ0n) is 14.2. The van der Waals surface area contributed by atoms with Gasteiger partial charge >= 0.3 is 5.92 Å². The molecule has 2 heterocycles. The zero-order valence-corrected chi connectivity index (χ0v) is 14.2. The molecule has 0 bridgehead atoms. The van der Waals surface area contributed by atoms with Crippen LogP contribution in [-0.4, -0.2) is 53.3 Å². The molecule has 0 spiro atoms. The Morgan fingerprint density at radius 2 is 2.12 bits per heavy atom. The molecule has 6 nitrogen and oxygen atoms in total. The Hall–Kier alpha value is -2.09. The lowest BCUT2D eigenvalue weighted by atomic mass is 10.1. The first-order chi connectivity index (χ1) is 11.2. The number of carbonyl (C=O) groups excluding carboxylic acids is 2. The minimum Gasteiger partial charge on any atom is -0.366 e. The van der Waals surface area contributed by atoms with Gasteiger partial charge in [-0.2, -0.15) is 8.78 Å². The standard InChI is InChI=1S/C9H16F2N2O.C7H8N2O/c1-3-9(10,11)8(14)13-5-4-12-6-7(13)2;1-5-2-3-6(4-9-5)7(8)10/h7,12H,3-6H2,1-2H3;2-4H,1H3,(H2,8,10). The second-order valence-corrected chi connectivity index (χ2v) is 5.66. The molecule has 8 heteroatoms. The minimum absolute atomic E-state index is 0.145. The molecule has 1 fully saturated rings. The van der Waals surface area contributed by atoms with E-state index in [2.05, 4.69) is 10.3 Å². The zero-order chi connectivity index (χ0) is 18.3. The molecule has 1 saturated heterocycles. The summed E-state index contributed by atoms with van der Waals surface area (Å²) in [6, 6.07) is 3.26. The third-order valence-electron chi connectivity index (χ3n) is 3.71. The van der Waals surface area contributed by atoms with Crippen LogP contribution in [0.3, 0.4) is 0 Å². The van der Waals surface area contributed by atoms with Crippen LogP contribution in [0.2, 0.25) is 0 Å². The number of amides is 2. The average Bonchev–Trinajstić information content (AvgIpc) is 2.55. The summed E-state index contributed by atoms with van der Waals surface area (Å²) >= 11 is 0. The molecule has 3 N–H and O–H groups in total. The number of aromatic nitrogens is 1. The van der Waals surface area contributed by atoms with Crippen molar-refractivity contribution >= 4 is 11.8 Å². The Labute approximate surface area is 140 Å². The number of halogens is 2. The fourth-order valence-electron chi connectivity index (χ4n) is 2.12. The van der Waals surface area contributed by atoms with Crippen LogP contribution in [0, 0.1) is 6.92 Å². The molecular formula is C16H24F2N4O2. The molecule has 0 radical (unpaired) electrons. The summed E-state index contributed by atoms with van der Waals surface area (Å²) in [5, 5.41) is 3.05. The Morgan fingerprint density at radius 3 is 2.58 bits per heavy atom. The van der Waals surface area contributed by atoms with Crippen molar-refractivity contribution in [3.05, 3.63) is 29.6 Å². The van der Waals surface area contributed by atoms with Gasteiger partial charge in [-0.3, -0.25) is 14.6 Å². The lowest BCUT2D eigenvalue weighted by Gasteiger charge is -2.35. The van der Waals surface area contributed by atoms with Gasteiger partial charge < -0.3 is 16.0 Å². The van der Waals surface area contributed by atoms with E-state index in [0.29, 0.717) is 25.2 Å². The van der Waals surface area contributed by atoms with Gasteiger partial charge in [-0.1, -0.05) is 6.92 Å². The van der Waals surface area contributed by atoms with Gasteiger partial charge in [0.2, 0.25) is 5.91 Å². The number of alkyl halides is 2. The Morgan fingerprint density at radius 1 is 1.46 bits per heavy atom. The third kappa shape index (κ3) is 5.52. The highest BCUT2D eigenvalue weighted by molar-refractivity contribution is 5.92. The molecular weight excluding hydrogens is 318 g/mol. The molecule has 0 saturated carbocycles. The second kappa shape index (κ2) is 8.68. The maximum Gasteiger partial charge on any atom is 0.324 e. The summed E-state index contributed by atoms with van der Waals surface area (Å²) in [6.07, 6.45) is 1.04. The molecule has 0 aromatic carbocycles. The van der Waals surface area contributed by atoms with Crippen LogP contribution in [0.1, 0.15) is 36.3 Å². The Bertz CT molecular complexity index is 564. The molecule has 1 aromatic rings. The van der Waals surface area contributed by atoms with Crippen molar-refractivity contribution in [1.29, 1.82) is 0 Å². The van der Waals surface area contributed by atoms with Crippen molar-refractivity contribution in [1.82, 2.24) is 15.2 Å². The first kappa shape index (κ1) is 20.0. The van der Waals surface area contributed by atoms with E-state index in [1.54, 1.807) is 19.1 Å². The van der Waals surface area contributed by atoms with Crippen LogP contribution in [-0.2, 0) is 4.79 Å². The number of nitrogens with one attached hydrogen (secondary N) is 1. The van der Waals surface area contributed by atoms with E-state index >= 15 is 0 Å². The largest absolute Gasteiger partial charge is 0.366 e. The number of pyridine rings is 1. The van der Waals surface area contributed by atoms with Gasteiger partial charge in [-0.15, -0.1) is 0 Å². The van der Waals surface area contributed by atoms with Crippen LogP contribution >= 0.6 is 0 Å². The Kier molecular flexibility index (Phi) is 7.21. The molecule has 2 rings (SSSR count). The van der Waals surface area contributed by atoms with Crippen molar-refractivity contribution in [3.63, 3.8) is 0 Å². The minimum atomic E-state index is -3.20. The molecule has 2 amide bonds. The van der Waals surface area contributed by atoms with Gasteiger partial charge in [0.1, 0.15) is 0 Å². The number of hydrogen-bond donors (Lipinski definition) is 2. The predicted molar refractivity (Wildman–Crippen MR) is 86.8 cm³/mol. The van der Waals surface area contributed by atoms with Crippen molar-refractivity contribution < 1.29 is 18.4 Å². The number of nitrogens with zero attached hydrogens (tertiary/aromatic N) is 2. The number of nitrogens with two attached hydrogens (primary N) is 1. The third-order valence-corrected chi connectivity index (χ3v) is 3.71. The molecule has 134 valence electrons. The SMILES string of the molecule is CCC(F)(F)C(=O)N1CCNCC1C.Cc1ccc(C(N)=O)cn1. The van der Waals surface area contributed by atoms with E-state index in [1.807, 2.05) is 6.92 Å². The average molecular weight is 342 g/mol. The number of piperazine rings is 1. The summed E-state index contributed by atoms with van der Waals surface area (Å²) in [7, 11) is 0. The van der Waals surface area contributed by atoms with Crippen molar-refractivity contribution in [3.8, 4) is 0 Å². The van der Waals surface area contributed by atoms with Crippen molar-refractivity contribution in [2.24, 2.45) is 5.73 Å². The van der Waals surface area contributed by atoms with Gasteiger partial charge in [-0.25, -0.2) is 0 Å². The predicted octanol–water partition coefficient (Wildman–Crippen LogP) is 1.34. The van der Waals surface area contributed by atoms with E-state index < -0.39 is 24.2 Å². The van der Waals surface area contributed by atoms with E-state index in [1.165, 1.54) is 18.0 Å². The summed E-state index contributed by atoms with van der Waals surface area (Å²) in [5.41, 5.74) is 6.31. The fourth-order valence-corrected chi connectivity index (χ4v) is 2.12. The topological polar surface area (TPSA) is 88.3 Å².